The molecule has 3 nitrogen and oxygen atoms in total. The summed E-state index contributed by atoms with van der Waals surface area (Å²) >= 11 is 0. The lowest BCUT2D eigenvalue weighted by Crippen LogP contribution is -2.25. The van der Waals surface area contributed by atoms with Crippen LogP contribution in [0.25, 0.3) is 0 Å². The number of hydrogen-bond donors (Lipinski definition) is 2. The highest BCUT2D eigenvalue weighted by Crippen LogP contribution is 2.67. The zero-order valence-corrected chi connectivity index (χ0v) is 8.85. The third-order valence-corrected chi connectivity index (χ3v) is 3.94. The molecule has 2 N–H and O–H groups in total. The molecular weight excluding hydrogens is 166 g/mol. The number of carboxylic acid groups (broad SMARTS) is 1. The Hall–Kier alpha value is -0.570. The number of hydrogen-bond acceptors (Lipinski definition) is 2. The lowest BCUT2D eigenvalue weighted by atomic mass is 10.0. The third kappa shape index (κ3) is 1.70. The molecule has 1 aliphatic rings. The molecule has 0 aliphatic heterocycles. The first kappa shape index (κ1) is 10.5. The van der Waals surface area contributed by atoms with E-state index in [1.165, 1.54) is 0 Å². The monoisotopic (exact) mass is 185 g/mol. The molecule has 3 heteroatoms. The van der Waals surface area contributed by atoms with Crippen LogP contribution in [0.3, 0.4) is 0 Å². The van der Waals surface area contributed by atoms with Crippen molar-refractivity contribution in [2.24, 2.45) is 16.7 Å². The number of nitrogens with one attached hydrogen (secondary N) is 1. The fraction of sp³-hybridized carbons (Fsp3) is 0.900. The van der Waals surface area contributed by atoms with Crippen LogP contribution in [0.4, 0.5) is 0 Å². The van der Waals surface area contributed by atoms with Crippen molar-refractivity contribution in [3.8, 4) is 0 Å². The Balaban J connectivity index is 2.30. The van der Waals surface area contributed by atoms with Gasteiger partial charge in [-0.15, -0.1) is 0 Å². The second-order valence-corrected chi connectivity index (χ2v) is 5.02. The third-order valence-electron chi connectivity index (χ3n) is 3.94. The number of carboxylic acids is 1. The molecule has 1 fully saturated rings. The summed E-state index contributed by atoms with van der Waals surface area (Å²) in [5, 5.41) is 11.4. The Morgan fingerprint density at radius 2 is 1.77 bits per heavy atom. The second-order valence-electron chi connectivity index (χ2n) is 5.02. The Labute approximate surface area is 79.5 Å². The van der Waals surface area contributed by atoms with E-state index in [0.29, 0.717) is 16.7 Å². The highest BCUT2D eigenvalue weighted by molar-refractivity contribution is 5.69. The van der Waals surface area contributed by atoms with Crippen LogP contribution in [0.15, 0.2) is 0 Å². The van der Waals surface area contributed by atoms with E-state index in [9.17, 15) is 4.79 Å². The van der Waals surface area contributed by atoms with Crippen molar-refractivity contribution in [3.63, 3.8) is 0 Å². The molecule has 1 saturated carbocycles. The summed E-state index contributed by atoms with van der Waals surface area (Å²) in [5.41, 5.74) is 0.691. The fourth-order valence-electron chi connectivity index (χ4n) is 2.17. The van der Waals surface area contributed by atoms with Gasteiger partial charge in [0.2, 0.25) is 0 Å². The van der Waals surface area contributed by atoms with E-state index < -0.39 is 5.97 Å². The van der Waals surface area contributed by atoms with E-state index >= 15 is 0 Å². The molecule has 0 aromatic rings. The first-order valence-electron chi connectivity index (χ1n) is 4.72. The van der Waals surface area contributed by atoms with Gasteiger partial charge in [-0.25, -0.2) is 0 Å². The fourth-order valence-corrected chi connectivity index (χ4v) is 2.17. The maximum absolute atomic E-state index is 10.3. The SMILES string of the molecule is CC1(C)C(CNCC(=O)O)C1(C)C. The Bertz CT molecular complexity index is 207. The van der Waals surface area contributed by atoms with Crippen LogP contribution >= 0.6 is 0 Å². The van der Waals surface area contributed by atoms with Crippen molar-refractivity contribution in [2.45, 2.75) is 27.7 Å². The topological polar surface area (TPSA) is 49.3 Å². The first-order chi connectivity index (χ1) is 5.80. The van der Waals surface area contributed by atoms with Crippen molar-refractivity contribution in [1.29, 1.82) is 0 Å². The molecular formula is C10H19NO2. The van der Waals surface area contributed by atoms with E-state index in [1.54, 1.807) is 0 Å². The van der Waals surface area contributed by atoms with E-state index in [1.807, 2.05) is 0 Å². The van der Waals surface area contributed by atoms with Gasteiger partial charge in [0.05, 0.1) is 6.54 Å². The van der Waals surface area contributed by atoms with Crippen molar-refractivity contribution in [1.82, 2.24) is 5.32 Å². The summed E-state index contributed by atoms with van der Waals surface area (Å²) in [4.78, 5) is 10.3. The van der Waals surface area contributed by atoms with Crippen LogP contribution in [0, 0.1) is 16.7 Å². The number of aliphatic carboxylic acids is 1. The van der Waals surface area contributed by atoms with E-state index in [0.717, 1.165) is 6.54 Å². The van der Waals surface area contributed by atoms with Gasteiger partial charge in [0, 0.05) is 0 Å². The van der Waals surface area contributed by atoms with Gasteiger partial charge in [-0.1, -0.05) is 27.7 Å². The molecule has 0 bridgehead atoms. The van der Waals surface area contributed by atoms with Crippen LogP contribution in [0.1, 0.15) is 27.7 Å². The molecule has 0 spiro atoms. The van der Waals surface area contributed by atoms with E-state index in [2.05, 4.69) is 33.0 Å². The maximum Gasteiger partial charge on any atom is 0.317 e. The molecule has 0 aromatic heterocycles. The second kappa shape index (κ2) is 2.98. The van der Waals surface area contributed by atoms with Gasteiger partial charge in [-0.05, 0) is 23.3 Å². The Morgan fingerprint density at radius 1 is 1.31 bits per heavy atom. The van der Waals surface area contributed by atoms with Crippen LogP contribution < -0.4 is 5.32 Å². The van der Waals surface area contributed by atoms with Gasteiger partial charge < -0.3 is 10.4 Å². The minimum Gasteiger partial charge on any atom is -0.480 e. The highest BCUT2D eigenvalue weighted by Gasteiger charge is 2.63. The van der Waals surface area contributed by atoms with Crippen molar-refractivity contribution in [3.05, 3.63) is 0 Å². The van der Waals surface area contributed by atoms with Crippen molar-refractivity contribution >= 4 is 5.97 Å². The lowest BCUT2D eigenvalue weighted by molar-refractivity contribution is -0.135. The van der Waals surface area contributed by atoms with Gasteiger partial charge in [-0.3, -0.25) is 4.79 Å². The molecule has 0 atom stereocenters. The summed E-state index contributed by atoms with van der Waals surface area (Å²) in [7, 11) is 0. The van der Waals surface area contributed by atoms with Crippen molar-refractivity contribution < 1.29 is 9.90 Å². The van der Waals surface area contributed by atoms with Gasteiger partial charge in [-0.2, -0.15) is 0 Å². The Kier molecular flexibility index (Phi) is 2.41. The molecule has 0 heterocycles. The van der Waals surface area contributed by atoms with Crippen LogP contribution in [-0.4, -0.2) is 24.2 Å². The quantitative estimate of drug-likeness (QED) is 0.695. The molecule has 76 valence electrons. The van der Waals surface area contributed by atoms with Crippen LogP contribution in [0.5, 0.6) is 0 Å². The van der Waals surface area contributed by atoms with Crippen LogP contribution in [0.2, 0.25) is 0 Å². The summed E-state index contributed by atoms with van der Waals surface area (Å²) in [6, 6.07) is 0. The number of rotatable bonds is 4. The molecule has 1 aliphatic carbocycles. The van der Waals surface area contributed by atoms with Crippen molar-refractivity contribution in [2.75, 3.05) is 13.1 Å². The maximum atomic E-state index is 10.3. The normalized spacial score (nSPS) is 24.3. The zero-order valence-electron chi connectivity index (χ0n) is 8.85. The smallest absolute Gasteiger partial charge is 0.317 e. The average Bonchev–Trinajstić information content (AvgIpc) is 2.30. The standard InChI is InChI=1S/C10H19NO2/c1-9(2)7(10(9,3)4)5-11-6-8(12)13/h7,11H,5-6H2,1-4H3,(H,12,13). The minimum absolute atomic E-state index is 0.0721. The summed E-state index contributed by atoms with van der Waals surface area (Å²) in [6.45, 7) is 9.83. The summed E-state index contributed by atoms with van der Waals surface area (Å²) in [5.74, 6) is -0.185. The molecule has 0 radical (unpaired) electrons. The van der Waals surface area contributed by atoms with Crippen LogP contribution in [-0.2, 0) is 4.79 Å². The zero-order chi connectivity index (χ0) is 10.3. The molecule has 13 heavy (non-hydrogen) atoms. The summed E-state index contributed by atoms with van der Waals surface area (Å²) < 4.78 is 0. The predicted octanol–water partition coefficient (Wildman–Crippen LogP) is 1.34. The van der Waals surface area contributed by atoms with Gasteiger partial charge in [0.25, 0.3) is 0 Å². The number of carbonyl (C=O) groups is 1. The molecule has 0 saturated heterocycles. The largest absolute Gasteiger partial charge is 0.480 e. The van der Waals surface area contributed by atoms with E-state index in [4.69, 9.17) is 5.11 Å². The molecule has 0 amide bonds. The van der Waals surface area contributed by atoms with Gasteiger partial charge >= 0.3 is 5.97 Å². The summed E-state index contributed by atoms with van der Waals surface area (Å²) in [6.07, 6.45) is 0. The average molecular weight is 185 g/mol. The van der Waals surface area contributed by atoms with Gasteiger partial charge in [0.15, 0.2) is 0 Å². The highest BCUT2D eigenvalue weighted by atomic mass is 16.4. The minimum atomic E-state index is -0.781. The van der Waals surface area contributed by atoms with E-state index in [-0.39, 0.29) is 6.54 Å². The van der Waals surface area contributed by atoms with Gasteiger partial charge in [0.1, 0.15) is 0 Å². The first-order valence-corrected chi connectivity index (χ1v) is 4.72. The molecule has 0 aromatic carbocycles. The molecule has 0 unspecified atom stereocenters. The predicted molar refractivity (Wildman–Crippen MR) is 51.6 cm³/mol. The molecule has 1 rings (SSSR count). The lowest BCUT2D eigenvalue weighted by Gasteiger charge is -2.04. The Morgan fingerprint density at radius 3 is 2.08 bits per heavy atom.